The Kier molecular flexibility index (Phi) is 15.9. The molecule has 8 heteroatoms. The van der Waals surface area contributed by atoms with Gasteiger partial charge in [0.15, 0.2) is 0 Å². The molecule has 0 amide bonds. The van der Waals surface area contributed by atoms with E-state index in [2.05, 4.69) is 218 Å². The number of hydrogen-bond acceptors (Lipinski definition) is 4. The molecule has 344 valence electrons. The van der Waals surface area contributed by atoms with E-state index in [9.17, 15) is 0 Å². The van der Waals surface area contributed by atoms with Crippen molar-refractivity contribution in [3.05, 3.63) is 306 Å². The molecule has 9 aromatic rings. The summed E-state index contributed by atoms with van der Waals surface area (Å²) in [6.07, 6.45) is 0. The Morgan fingerprint density at radius 2 is 0.382 bits per heavy atom. The second kappa shape index (κ2) is 22.8. The Bertz CT molecular complexity index is 2490. The van der Waals surface area contributed by atoms with Gasteiger partial charge < -0.3 is 0 Å². The van der Waals surface area contributed by atoms with Crippen LogP contribution in [0.1, 0.15) is 33.4 Å². The molecule has 0 bridgehead atoms. The first-order chi connectivity index (χ1) is 33.4. The maximum absolute atomic E-state index is 18.0. The van der Waals surface area contributed by atoms with E-state index in [-0.39, 0.29) is 0 Å². The van der Waals surface area contributed by atoms with Gasteiger partial charge in [-0.25, -0.2) is 0 Å². The third kappa shape index (κ3) is 12.2. The Hall–Kier alpha value is -5.47. The Morgan fingerprint density at radius 1 is 0.235 bits per heavy atom. The predicted octanol–water partition coefficient (Wildman–Crippen LogP) is 16.4. The second-order valence-corrected chi connectivity index (χ2v) is 31.7. The fraction of sp³-hybridized carbons (Fsp3) is 0.100. The Labute approximate surface area is 413 Å². The minimum absolute atomic E-state index is 0.494. The van der Waals surface area contributed by atoms with Crippen molar-refractivity contribution in [3.8, 4) is 0 Å². The summed E-state index contributed by atoms with van der Waals surface area (Å²) in [5.74, 6) is 2.96. The van der Waals surface area contributed by atoms with Crippen molar-refractivity contribution >= 4 is 51.0 Å². The summed E-state index contributed by atoms with van der Waals surface area (Å²) in [5.41, 5.74) is 6.50. The topological polar surface area (TPSA) is 44.8 Å². The second-order valence-electron chi connectivity index (χ2n) is 16.8. The van der Waals surface area contributed by atoms with E-state index in [1.807, 2.05) is 54.6 Å². The molecule has 0 radical (unpaired) electrons. The Morgan fingerprint density at radius 3 is 0.544 bits per heavy atom. The van der Waals surface area contributed by atoms with Crippen molar-refractivity contribution in [1.29, 1.82) is 0 Å². The van der Waals surface area contributed by atoms with Gasteiger partial charge >= 0.3 is 417 Å². The van der Waals surface area contributed by atoms with Crippen LogP contribution in [0, 0.1) is 0 Å². The third-order valence-corrected chi connectivity index (χ3v) is 33.3. The molecule has 9 rings (SSSR count). The van der Waals surface area contributed by atoms with E-state index in [1.165, 1.54) is 0 Å². The zero-order chi connectivity index (χ0) is 46.4. The summed E-state index contributed by atoms with van der Waals surface area (Å²) in [7, 11) is -7.76. The first kappa shape index (κ1) is 47.6. The van der Waals surface area contributed by atoms with E-state index in [1.54, 1.807) is 0 Å². The average molecular weight is 1060 g/mol. The van der Waals surface area contributed by atoms with Crippen LogP contribution in [0.5, 0.6) is 0 Å². The van der Waals surface area contributed by atoms with Crippen LogP contribution in [0.3, 0.4) is 0 Å². The predicted molar refractivity (Wildman–Crippen MR) is 287 cm³/mol. The summed E-state index contributed by atoms with van der Waals surface area (Å²) < 4.78 is 42.2. The first-order valence-corrected chi connectivity index (χ1v) is 32.7. The van der Waals surface area contributed by atoms with Crippen LogP contribution >= 0.6 is 30.9 Å². The summed E-state index contributed by atoms with van der Waals surface area (Å²) in [4.78, 5) is 2.94. The molecule has 0 saturated carbocycles. The molecule has 0 aromatic heterocycles. The fourth-order valence-corrected chi connectivity index (χ4v) is 34.0. The molecule has 68 heavy (non-hydrogen) atoms. The monoisotopic (exact) mass is 1060 g/mol. The molecule has 0 saturated heterocycles. The van der Waals surface area contributed by atoms with Crippen LogP contribution in [0.25, 0.3) is 0 Å². The standard InChI is InChI=1S/3C20H20OS.O.Sb/c3*21-22(20-14-8-3-9-15-20,16-18-10-4-1-5-11-18)17-19-12-6-2-7-13-19;;/h3*1-15,21H,16-17H2;;/q;;;;+3/p-3. The molecule has 0 fully saturated rings. The van der Waals surface area contributed by atoms with Gasteiger partial charge in [-0.15, -0.1) is 0 Å². The van der Waals surface area contributed by atoms with Crippen LogP contribution in [0.4, 0.5) is 0 Å². The van der Waals surface area contributed by atoms with Crippen molar-refractivity contribution in [2.75, 3.05) is 0 Å². The minimum atomic E-state index is -6.31. The first-order valence-electron chi connectivity index (χ1n) is 22.9. The van der Waals surface area contributed by atoms with E-state index in [4.69, 9.17) is 7.38 Å². The molecule has 0 spiro atoms. The summed E-state index contributed by atoms with van der Waals surface area (Å²) in [6, 6.07) is 94.2. The molecule has 4 nitrogen and oxygen atoms in total. The SMILES string of the molecule is [O]=[Sb]([O]S(Cc1ccccc1)(Cc1ccccc1)c1ccccc1)([O]S(Cc1ccccc1)(Cc1ccccc1)c1ccccc1)[O]S(Cc1ccccc1)(Cc1ccccc1)c1ccccc1. The van der Waals surface area contributed by atoms with Gasteiger partial charge in [0.2, 0.25) is 0 Å². The van der Waals surface area contributed by atoms with Gasteiger partial charge in [-0.05, 0) is 0 Å². The van der Waals surface area contributed by atoms with E-state index < -0.39 is 51.0 Å². The molecule has 0 heterocycles. The normalized spacial score (nSPS) is 12.8. The van der Waals surface area contributed by atoms with Crippen LogP contribution in [-0.4, -0.2) is 20.1 Å². The van der Waals surface area contributed by atoms with Crippen molar-refractivity contribution in [2.24, 2.45) is 0 Å². The van der Waals surface area contributed by atoms with Crippen LogP contribution in [0.2, 0.25) is 0 Å². The average Bonchev–Trinajstić information content (AvgIpc) is 3.39. The number of benzene rings is 9. The van der Waals surface area contributed by atoms with Crippen molar-refractivity contribution < 1.29 is 10.4 Å². The molecule has 0 N–H and O–H groups in total. The zero-order valence-electron chi connectivity index (χ0n) is 38.0. The quantitative estimate of drug-likeness (QED) is 0.0673. The van der Waals surface area contributed by atoms with E-state index >= 15 is 3.02 Å². The van der Waals surface area contributed by atoms with Gasteiger partial charge in [-0.2, -0.15) is 0 Å². The van der Waals surface area contributed by atoms with Crippen molar-refractivity contribution in [1.82, 2.24) is 0 Å². The van der Waals surface area contributed by atoms with Gasteiger partial charge in [-0.3, -0.25) is 0 Å². The van der Waals surface area contributed by atoms with Crippen LogP contribution in [0.15, 0.2) is 288 Å². The molecule has 0 aliphatic heterocycles. The van der Waals surface area contributed by atoms with E-state index in [0.29, 0.717) is 34.5 Å². The van der Waals surface area contributed by atoms with E-state index in [0.717, 1.165) is 48.1 Å². The fourth-order valence-electron chi connectivity index (χ4n) is 8.57. The van der Waals surface area contributed by atoms with Crippen molar-refractivity contribution in [3.63, 3.8) is 0 Å². The van der Waals surface area contributed by atoms with Crippen molar-refractivity contribution in [2.45, 2.75) is 49.2 Å². The third-order valence-electron chi connectivity index (χ3n) is 11.7. The molecular weight excluding hydrogens is 1000 g/mol. The van der Waals surface area contributed by atoms with Crippen LogP contribution < -0.4 is 0 Å². The summed E-state index contributed by atoms with van der Waals surface area (Å²) in [5, 5.41) is 0. The molecular formula is C60H57O4S3Sb. The Balaban J connectivity index is 1.34. The van der Waals surface area contributed by atoms with Gasteiger partial charge in [0.05, 0.1) is 0 Å². The zero-order valence-corrected chi connectivity index (χ0v) is 43.0. The number of rotatable bonds is 21. The molecule has 0 atom stereocenters. The van der Waals surface area contributed by atoms with Gasteiger partial charge in [-0.1, -0.05) is 0 Å². The molecule has 0 unspecified atom stereocenters. The number of hydrogen-bond donors (Lipinski definition) is 0. The molecule has 9 aromatic carbocycles. The van der Waals surface area contributed by atoms with Crippen LogP contribution in [-0.2, 0) is 44.9 Å². The molecule has 0 aliphatic rings. The van der Waals surface area contributed by atoms with Gasteiger partial charge in [0, 0.05) is 0 Å². The summed E-state index contributed by atoms with van der Waals surface area (Å²) in [6.45, 7) is 0. The van der Waals surface area contributed by atoms with Gasteiger partial charge in [0.25, 0.3) is 0 Å². The summed E-state index contributed by atoms with van der Waals surface area (Å²) >= 11 is -6.31. The van der Waals surface area contributed by atoms with Gasteiger partial charge in [0.1, 0.15) is 0 Å². The molecule has 0 aliphatic carbocycles. The maximum atomic E-state index is 18.0.